The number of aromatic nitrogens is 1. The fraction of sp³-hybridized carbons (Fsp3) is 0.323. The summed E-state index contributed by atoms with van der Waals surface area (Å²) in [4.78, 5) is 16.9. The van der Waals surface area contributed by atoms with Gasteiger partial charge in [0.05, 0.1) is 6.04 Å². The molecule has 1 aliphatic heterocycles. The third-order valence-corrected chi connectivity index (χ3v) is 7.69. The largest absolute Gasteiger partial charge is 0.508 e. The van der Waals surface area contributed by atoms with Crippen LogP contribution in [0, 0.1) is 0 Å². The van der Waals surface area contributed by atoms with Crippen LogP contribution in [0.3, 0.4) is 0 Å². The normalized spacial score (nSPS) is 19.8. The van der Waals surface area contributed by atoms with Gasteiger partial charge in [-0.25, -0.2) is 4.79 Å². The quantitative estimate of drug-likeness (QED) is 0.340. The van der Waals surface area contributed by atoms with Crippen molar-refractivity contribution in [3.05, 3.63) is 101 Å². The number of rotatable bonds is 7. The van der Waals surface area contributed by atoms with Crippen LogP contribution in [0.5, 0.6) is 5.75 Å². The van der Waals surface area contributed by atoms with Gasteiger partial charge in [-0.05, 0) is 67.8 Å². The molecule has 0 spiro atoms. The van der Waals surface area contributed by atoms with Crippen molar-refractivity contribution in [2.75, 3.05) is 13.1 Å². The zero-order chi connectivity index (χ0) is 26.1. The number of benzene rings is 3. The van der Waals surface area contributed by atoms with E-state index in [0.717, 1.165) is 41.7 Å². The zero-order valence-corrected chi connectivity index (χ0v) is 21.7. The minimum absolute atomic E-state index is 0.0638. The second-order valence-electron chi connectivity index (χ2n) is 10.2. The molecule has 1 aromatic heterocycles. The van der Waals surface area contributed by atoms with Crippen LogP contribution >= 0.6 is 0 Å². The third-order valence-electron chi connectivity index (χ3n) is 7.69. The molecule has 37 heavy (non-hydrogen) atoms. The van der Waals surface area contributed by atoms with Crippen molar-refractivity contribution in [2.24, 2.45) is 0 Å². The number of carboxylic acids is 1. The van der Waals surface area contributed by atoms with Gasteiger partial charge in [0.15, 0.2) is 0 Å². The number of aryl methyl sites for hydroxylation is 1. The van der Waals surface area contributed by atoms with Crippen LogP contribution in [0.15, 0.2) is 78.9 Å². The fourth-order valence-electron chi connectivity index (χ4n) is 5.87. The number of nitrogens with zero attached hydrogens (tertiary/aromatic N) is 3. The van der Waals surface area contributed by atoms with Gasteiger partial charge in [0.2, 0.25) is 0 Å². The van der Waals surface area contributed by atoms with Crippen LogP contribution in [0.4, 0.5) is 0 Å². The maximum atomic E-state index is 11.9. The summed E-state index contributed by atoms with van der Waals surface area (Å²) in [6.07, 6.45) is 0. The van der Waals surface area contributed by atoms with Crippen LogP contribution in [0.1, 0.15) is 54.0 Å². The van der Waals surface area contributed by atoms with E-state index in [1.54, 1.807) is 12.1 Å². The number of piperazine rings is 1. The summed E-state index contributed by atoms with van der Waals surface area (Å²) in [6.45, 7) is 9.85. The molecule has 192 valence electrons. The van der Waals surface area contributed by atoms with Crippen LogP contribution in [-0.4, -0.2) is 55.7 Å². The summed E-state index contributed by atoms with van der Waals surface area (Å²) >= 11 is 0. The van der Waals surface area contributed by atoms with E-state index in [4.69, 9.17) is 0 Å². The van der Waals surface area contributed by atoms with Crippen LogP contribution < -0.4 is 0 Å². The van der Waals surface area contributed by atoms with E-state index in [0.29, 0.717) is 18.3 Å². The Bertz CT molecular complexity index is 1400. The molecule has 0 bridgehead atoms. The van der Waals surface area contributed by atoms with E-state index >= 15 is 0 Å². The van der Waals surface area contributed by atoms with Crippen LogP contribution in [-0.2, 0) is 13.1 Å². The molecule has 3 atom stereocenters. The lowest BCUT2D eigenvalue weighted by Gasteiger charge is -2.47. The Balaban J connectivity index is 1.52. The van der Waals surface area contributed by atoms with Crippen molar-refractivity contribution in [2.45, 2.75) is 52.0 Å². The first-order valence-electron chi connectivity index (χ1n) is 13.0. The third kappa shape index (κ3) is 4.99. The monoisotopic (exact) mass is 497 g/mol. The first-order valence-corrected chi connectivity index (χ1v) is 13.0. The summed E-state index contributed by atoms with van der Waals surface area (Å²) in [5.41, 5.74) is 4.68. The zero-order valence-electron chi connectivity index (χ0n) is 21.7. The highest BCUT2D eigenvalue weighted by atomic mass is 16.4. The summed E-state index contributed by atoms with van der Waals surface area (Å²) in [6, 6.07) is 26.7. The molecule has 0 radical (unpaired) electrons. The maximum Gasteiger partial charge on any atom is 0.352 e. The predicted octanol–water partition coefficient (Wildman–Crippen LogP) is 5.75. The molecular weight excluding hydrogens is 462 g/mol. The van der Waals surface area contributed by atoms with E-state index in [2.05, 4.69) is 72.2 Å². The number of hydrogen-bond donors (Lipinski definition) is 2. The summed E-state index contributed by atoms with van der Waals surface area (Å²) in [5.74, 6) is -0.668. The van der Waals surface area contributed by atoms with Crippen LogP contribution in [0.25, 0.3) is 10.9 Å². The van der Waals surface area contributed by atoms with Crippen molar-refractivity contribution >= 4 is 16.9 Å². The van der Waals surface area contributed by atoms with Gasteiger partial charge in [-0.15, -0.1) is 0 Å². The molecule has 0 unspecified atom stereocenters. The maximum absolute atomic E-state index is 11.9. The summed E-state index contributed by atoms with van der Waals surface area (Å²) in [5, 5.41) is 21.0. The van der Waals surface area contributed by atoms with Crippen molar-refractivity contribution in [3.63, 3.8) is 0 Å². The molecule has 1 fully saturated rings. The second kappa shape index (κ2) is 10.4. The molecule has 1 aliphatic rings. The van der Waals surface area contributed by atoms with E-state index in [9.17, 15) is 15.0 Å². The van der Waals surface area contributed by atoms with E-state index < -0.39 is 5.97 Å². The van der Waals surface area contributed by atoms with Gasteiger partial charge in [0.25, 0.3) is 0 Å². The van der Waals surface area contributed by atoms with Gasteiger partial charge in [-0.1, -0.05) is 48.5 Å². The number of phenolic OH excluding ortho intramolecular Hbond substituents is 1. The van der Waals surface area contributed by atoms with Gasteiger partial charge in [-0.2, -0.15) is 0 Å². The topological polar surface area (TPSA) is 68.9 Å². The van der Waals surface area contributed by atoms with E-state index in [1.165, 1.54) is 5.56 Å². The Morgan fingerprint density at radius 1 is 0.919 bits per heavy atom. The molecule has 0 saturated carbocycles. The lowest BCUT2D eigenvalue weighted by atomic mass is 9.92. The van der Waals surface area contributed by atoms with Gasteiger partial charge >= 0.3 is 5.97 Å². The average Bonchev–Trinajstić information content (AvgIpc) is 3.26. The number of hydrogen-bond acceptors (Lipinski definition) is 4. The summed E-state index contributed by atoms with van der Waals surface area (Å²) < 4.78 is 1.85. The second-order valence-corrected chi connectivity index (χ2v) is 10.2. The van der Waals surface area contributed by atoms with E-state index in [-0.39, 0.29) is 17.8 Å². The highest BCUT2D eigenvalue weighted by molar-refractivity contribution is 5.95. The van der Waals surface area contributed by atoms with Gasteiger partial charge in [0, 0.05) is 49.2 Å². The number of fused-ring (bicyclic) bond motifs is 1. The Morgan fingerprint density at radius 2 is 1.68 bits per heavy atom. The first kappa shape index (κ1) is 25.1. The molecule has 1 saturated heterocycles. The van der Waals surface area contributed by atoms with Crippen molar-refractivity contribution in [3.8, 4) is 5.75 Å². The molecule has 3 aromatic carbocycles. The Morgan fingerprint density at radius 3 is 2.38 bits per heavy atom. The highest BCUT2D eigenvalue weighted by Crippen LogP contribution is 2.36. The minimum atomic E-state index is -0.916. The fourth-order valence-corrected chi connectivity index (χ4v) is 5.87. The lowest BCUT2D eigenvalue weighted by Crippen LogP contribution is -2.56. The predicted molar refractivity (Wildman–Crippen MR) is 147 cm³/mol. The van der Waals surface area contributed by atoms with Crippen molar-refractivity contribution < 1.29 is 15.0 Å². The van der Waals surface area contributed by atoms with Crippen molar-refractivity contribution in [1.82, 2.24) is 14.4 Å². The molecule has 0 amide bonds. The Kier molecular flexibility index (Phi) is 7.04. The number of carboxylic acid groups (broad SMARTS) is 1. The van der Waals surface area contributed by atoms with E-state index in [1.807, 2.05) is 29.7 Å². The minimum Gasteiger partial charge on any atom is -0.508 e. The molecule has 6 nitrogen and oxygen atoms in total. The molecule has 4 aromatic rings. The molecule has 2 N–H and O–H groups in total. The SMILES string of the molecule is CCn1c(C(=O)O)cc2cc([C@@H](c3cccc(O)c3)N3C[C@@H](C)N(Cc4ccccc4)C[C@@H]3C)ccc21. The molecule has 0 aliphatic carbocycles. The molecular formula is C31H35N3O3. The standard InChI is InChI=1S/C31H35N3O3/c1-4-33-28-14-13-25(15-26(28)17-29(33)31(36)37)30(24-11-8-12-27(35)16-24)34-19-21(2)32(18-22(34)3)20-23-9-6-5-7-10-23/h5-17,21-22,30,35H,4,18-20H2,1-3H3,(H,36,37)/t21-,22+,30-/m1/s1. The summed E-state index contributed by atoms with van der Waals surface area (Å²) in [7, 11) is 0. The number of phenols is 1. The van der Waals surface area contributed by atoms with Crippen LogP contribution in [0.2, 0.25) is 0 Å². The number of carbonyl (C=O) groups is 1. The molecule has 6 heteroatoms. The first-order chi connectivity index (χ1) is 17.9. The Labute approximate surface area is 218 Å². The molecule has 2 heterocycles. The number of aromatic hydroxyl groups is 1. The number of aromatic carboxylic acids is 1. The van der Waals surface area contributed by atoms with Gasteiger partial charge in [0.1, 0.15) is 11.4 Å². The van der Waals surface area contributed by atoms with Gasteiger partial charge < -0.3 is 14.8 Å². The van der Waals surface area contributed by atoms with Gasteiger partial charge in [-0.3, -0.25) is 9.80 Å². The smallest absolute Gasteiger partial charge is 0.352 e. The lowest BCUT2D eigenvalue weighted by molar-refractivity contribution is 0.0195. The highest BCUT2D eigenvalue weighted by Gasteiger charge is 2.35. The average molecular weight is 498 g/mol. The Hall–Kier alpha value is -3.61. The van der Waals surface area contributed by atoms with Crippen molar-refractivity contribution in [1.29, 1.82) is 0 Å². The molecule has 5 rings (SSSR count).